The molecule has 1 amide bonds. The van der Waals surface area contributed by atoms with E-state index in [4.69, 9.17) is 22.1 Å². The Morgan fingerprint density at radius 1 is 1.10 bits per heavy atom. The number of phenolic OH excluding ortho intramolecular Hbond substituents is 1. The highest BCUT2D eigenvalue weighted by molar-refractivity contribution is 6.34. The molecule has 21 heavy (non-hydrogen) atoms. The predicted octanol–water partition coefficient (Wildman–Crippen LogP) is 3.04. The van der Waals surface area contributed by atoms with Gasteiger partial charge in [-0.05, 0) is 36.4 Å². The van der Waals surface area contributed by atoms with Crippen LogP contribution in [0.5, 0.6) is 5.75 Å². The van der Waals surface area contributed by atoms with Gasteiger partial charge in [0.1, 0.15) is 17.9 Å². The summed E-state index contributed by atoms with van der Waals surface area (Å²) in [6.07, 6.45) is 0. The monoisotopic (exact) mass is 297 g/mol. The minimum atomic E-state index is -0.524. The molecule has 2 aromatic carbocycles. The van der Waals surface area contributed by atoms with E-state index in [2.05, 4.69) is 5.32 Å². The Hall–Kier alpha value is -3.02. The van der Waals surface area contributed by atoms with Gasteiger partial charge in [-0.2, -0.15) is 10.5 Å². The number of hydrogen-bond donors (Lipinski definition) is 2. The zero-order valence-electron chi connectivity index (χ0n) is 10.6. The topological polar surface area (TPSA) is 96.9 Å². The molecule has 102 valence electrons. The summed E-state index contributed by atoms with van der Waals surface area (Å²) in [6, 6.07) is 12.1. The van der Waals surface area contributed by atoms with E-state index in [9.17, 15) is 9.90 Å². The van der Waals surface area contributed by atoms with Crippen molar-refractivity contribution in [1.82, 2.24) is 0 Å². The number of aromatic hydroxyl groups is 1. The molecule has 2 N–H and O–H groups in total. The van der Waals surface area contributed by atoms with Crippen molar-refractivity contribution in [3.63, 3.8) is 0 Å². The van der Waals surface area contributed by atoms with Crippen LogP contribution in [0.4, 0.5) is 5.69 Å². The Labute approximate surface area is 125 Å². The van der Waals surface area contributed by atoms with Crippen LogP contribution in [-0.2, 0) is 0 Å². The third-order valence-corrected chi connectivity index (χ3v) is 3.04. The number of carbonyl (C=O) groups excluding carboxylic acids is 1. The molecule has 0 bridgehead atoms. The van der Waals surface area contributed by atoms with Gasteiger partial charge in [0, 0.05) is 5.69 Å². The minimum Gasteiger partial charge on any atom is -0.508 e. The van der Waals surface area contributed by atoms with Gasteiger partial charge in [0.05, 0.1) is 21.7 Å². The third kappa shape index (κ3) is 3.11. The second kappa shape index (κ2) is 5.96. The molecule has 0 spiro atoms. The molecule has 2 rings (SSSR count). The smallest absolute Gasteiger partial charge is 0.257 e. The molecule has 6 heteroatoms. The summed E-state index contributed by atoms with van der Waals surface area (Å²) >= 11 is 5.90. The van der Waals surface area contributed by atoms with Crippen LogP contribution in [-0.4, -0.2) is 11.0 Å². The first-order valence-electron chi connectivity index (χ1n) is 5.79. The lowest BCUT2D eigenvalue weighted by Crippen LogP contribution is -2.12. The lowest BCUT2D eigenvalue weighted by atomic mass is 10.1. The van der Waals surface area contributed by atoms with E-state index in [1.165, 1.54) is 36.4 Å². The number of phenols is 1. The van der Waals surface area contributed by atoms with Crippen LogP contribution in [0.3, 0.4) is 0 Å². The summed E-state index contributed by atoms with van der Waals surface area (Å²) in [5.41, 5.74) is 0.859. The Morgan fingerprint density at radius 2 is 1.81 bits per heavy atom. The molecule has 0 radical (unpaired) electrons. The fraction of sp³-hybridized carbons (Fsp3) is 0. The van der Waals surface area contributed by atoms with E-state index in [0.717, 1.165) is 0 Å². The van der Waals surface area contributed by atoms with Gasteiger partial charge in [-0.1, -0.05) is 11.6 Å². The van der Waals surface area contributed by atoms with Crippen molar-refractivity contribution in [2.24, 2.45) is 0 Å². The van der Waals surface area contributed by atoms with E-state index in [1.807, 2.05) is 12.1 Å². The van der Waals surface area contributed by atoms with Crippen LogP contribution < -0.4 is 5.32 Å². The Bertz CT molecular complexity index is 804. The number of nitrogens with zero attached hydrogens (tertiary/aromatic N) is 2. The first-order chi connectivity index (χ1) is 10.0. The standard InChI is InChI=1S/C15H8ClN3O2/c16-14-4-3-12(20)6-13(14)15(21)19-11-2-1-9(7-17)10(5-11)8-18/h1-6,20H,(H,19,21). The summed E-state index contributed by atoms with van der Waals surface area (Å²) in [5, 5.41) is 29.9. The average molecular weight is 298 g/mol. The molecule has 0 aromatic heterocycles. The highest BCUT2D eigenvalue weighted by atomic mass is 35.5. The zero-order chi connectivity index (χ0) is 15.4. The van der Waals surface area contributed by atoms with E-state index < -0.39 is 5.91 Å². The number of amides is 1. The van der Waals surface area contributed by atoms with Crippen molar-refractivity contribution in [2.75, 3.05) is 5.32 Å². The predicted molar refractivity (Wildman–Crippen MR) is 76.9 cm³/mol. The Kier molecular flexibility index (Phi) is 4.08. The van der Waals surface area contributed by atoms with Crippen LogP contribution in [0.2, 0.25) is 5.02 Å². The fourth-order valence-corrected chi connectivity index (χ4v) is 1.90. The third-order valence-electron chi connectivity index (χ3n) is 2.71. The van der Waals surface area contributed by atoms with Crippen LogP contribution in [0.15, 0.2) is 36.4 Å². The molecule has 0 fully saturated rings. The first kappa shape index (κ1) is 14.4. The second-order valence-electron chi connectivity index (χ2n) is 4.10. The summed E-state index contributed by atoms with van der Waals surface area (Å²) in [4.78, 5) is 12.1. The summed E-state index contributed by atoms with van der Waals surface area (Å²) in [6.45, 7) is 0. The molecule has 0 aliphatic heterocycles. The van der Waals surface area contributed by atoms with E-state index in [0.29, 0.717) is 5.69 Å². The van der Waals surface area contributed by atoms with Crippen molar-refractivity contribution >= 4 is 23.2 Å². The SMILES string of the molecule is N#Cc1ccc(NC(=O)c2cc(O)ccc2Cl)cc1C#N. The van der Waals surface area contributed by atoms with Gasteiger partial charge in [0.15, 0.2) is 0 Å². The number of nitrogens with one attached hydrogen (secondary N) is 1. The molecule has 0 unspecified atom stereocenters. The molecule has 0 atom stereocenters. The molecule has 5 nitrogen and oxygen atoms in total. The highest BCUT2D eigenvalue weighted by Crippen LogP contribution is 2.23. The molecule has 2 aromatic rings. The molecular formula is C15H8ClN3O2. The number of carbonyl (C=O) groups is 1. The molecule has 0 saturated carbocycles. The Morgan fingerprint density at radius 3 is 2.48 bits per heavy atom. The molecule has 0 heterocycles. The fourth-order valence-electron chi connectivity index (χ4n) is 1.70. The van der Waals surface area contributed by atoms with Crippen molar-refractivity contribution in [2.45, 2.75) is 0 Å². The van der Waals surface area contributed by atoms with Gasteiger partial charge in [-0.15, -0.1) is 0 Å². The lowest BCUT2D eigenvalue weighted by Gasteiger charge is -2.08. The number of rotatable bonds is 2. The summed E-state index contributed by atoms with van der Waals surface area (Å²) < 4.78 is 0. The normalized spacial score (nSPS) is 9.48. The summed E-state index contributed by atoms with van der Waals surface area (Å²) in [7, 11) is 0. The van der Waals surface area contributed by atoms with Crippen molar-refractivity contribution in [1.29, 1.82) is 10.5 Å². The van der Waals surface area contributed by atoms with Crippen molar-refractivity contribution < 1.29 is 9.90 Å². The van der Waals surface area contributed by atoms with Gasteiger partial charge in [0.2, 0.25) is 0 Å². The van der Waals surface area contributed by atoms with Gasteiger partial charge in [-0.25, -0.2) is 0 Å². The van der Waals surface area contributed by atoms with Gasteiger partial charge in [-0.3, -0.25) is 4.79 Å². The van der Waals surface area contributed by atoms with E-state index >= 15 is 0 Å². The lowest BCUT2D eigenvalue weighted by molar-refractivity contribution is 0.102. The number of nitriles is 2. The highest BCUT2D eigenvalue weighted by Gasteiger charge is 2.12. The number of hydrogen-bond acceptors (Lipinski definition) is 4. The van der Waals surface area contributed by atoms with Crippen LogP contribution in [0.1, 0.15) is 21.5 Å². The quantitative estimate of drug-likeness (QED) is 0.890. The molecule has 0 aliphatic rings. The van der Waals surface area contributed by atoms with E-state index in [-0.39, 0.29) is 27.5 Å². The number of benzene rings is 2. The molecule has 0 saturated heterocycles. The maximum absolute atomic E-state index is 12.1. The first-order valence-corrected chi connectivity index (χ1v) is 6.17. The van der Waals surface area contributed by atoms with Gasteiger partial charge < -0.3 is 10.4 Å². The maximum Gasteiger partial charge on any atom is 0.257 e. The largest absolute Gasteiger partial charge is 0.508 e. The zero-order valence-corrected chi connectivity index (χ0v) is 11.3. The van der Waals surface area contributed by atoms with Crippen molar-refractivity contribution in [3.05, 3.63) is 58.1 Å². The number of halogens is 1. The Balaban J connectivity index is 2.30. The second-order valence-corrected chi connectivity index (χ2v) is 4.51. The van der Waals surface area contributed by atoms with Gasteiger partial charge in [0.25, 0.3) is 5.91 Å². The van der Waals surface area contributed by atoms with Crippen LogP contribution in [0.25, 0.3) is 0 Å². The van der Waals surface area contributed by atoms with Gasteiger partial charge >= 0.3 is 0 Å². The minimum absolute atomic E-state index is 0.0814. The van der Waals surface area contributed by atoms with E-state index in [1.54, 1.807) is 0 Å². The van der Waals surface area contributed by atoms with Crippen LogP contribution in [0, 0.1) is 22.7 Å². The maximum atomic E-state index is 12.1. The summed E-state index contributed by atoms with van der Waals surface area (Å²) in [5.74, 6) is -0.605. The number of anilines is 1. The van der Waals surface area contributed by atoms with Crippen molar-refractivity contribution in [3.8, 4) is 17.9 Å². The molecule has 0 aliphatic carbocycles. The molecular weight excluding hydrogens is 290 g/mol. The average Bonchev–Trinajstić information content (AvgIpc) is 2.49. The van der Waals surface area contributed by atoms with Crippen LogP contribution >= 0.6 is 11.6 Å².